The minimum atomic E-state index is 0.242. The molecule has 0 aromatic heterocycles. The molecule has 2 fully saturated rings. The molecule has 0 spiro atoms. The highest BCUT2D eigenvalue weighted by molar-refractivity contribution is 5.00. The Balaban J connectivity index is 2.06. The summed E-state index contributed by atoms with van der Waals surface area (Å²) in [7, 11) is 1.81. The molecule has 118 valence electrons. The third-order valence-electron chi connectivity index (χ3n) is 5.93. The molecular formula is C17H34N2O. The maximum Gasteiger partial charge on any atom is 0.0590 e. The first-order valence-electron chi connectivity index (χ1n) is 8.62. The molecule has 0 saturated heterocycles. The first-order chi connectivity index (χ1) is 9.66. The number of ether oxygens (including phenoxy) is 1. The van der Waals surface area contributed by atoms with Crippen molar-refractivity contribution >= 4 is 0 Å². The van der Waals surface area contributed by atoms with E-state index in [0.717, 1.165) is 31.5 Å². The van der Waals surface area contributed by atoms with Crippen molar-refractivity contribution < 1.29 is 4.74 Å². The first kappa shape index (κ1) is 16.3. The monoisotopic (exact) mass is 282 g/mol. The van der Waals surface area contributed by atoms with Crippen molar-refractivity contribution in [2.45, 2.75) is 70.4 Å². The van der Waals surface area contributed by atoms with E-state index in [4.69, 9.17) is 10.5 Å². The molecule has 2 aliphatic carbocycles. The smallest absolute Gasteiger partial charge is 0.0590 e. The van der Waals surface area contributed by atoms with Crippen LogP contribution in [0.5, 0.6) is 0 Å². The van der Waals surface area contributed by atoms with Gasteiger partial charge in [-0.2, -0.15) is 0 Å². The van der Waals surface area contributed by atoms with Gasteiger partial charge in [0.2, 0.25) is 0 Å². The van der Waals surface area contributed by atoms with Crippen molar-refractivity contribution in [2.75, 3.05) is 26.8 Å². The van der Waals surface area contributed by atoms with Gasteiger partial charge in [0.05, 0.1) is 6.61 Å². The van der Waals surface area contributed by atoms with E-state index in [1.54, 1.807) is 0 Å². The highest BCUT2D eigenvalue weighted by Crippen LogP contribution is 2.43. The summed E-state index contributed by atoms with van der Waals surface area (Å²) in [6.07, 6.45) is 9.41. The fourth-order valence-corrected chi connectivity index (χ4v) is 4.13. The molecule has 0 aliphatic heterocycles. The van der Waals surface area contributed by atoms with Gasteiger partial charge in [-0.15, -0.1) is 0 Å². The van der Waals surface area contributed by atoms with Crippen LogP contribution in [0.3, 0.4) is 0 Å². The molecule has 3 heteroatoms. The molecule has 2 N–H and O–H groups in total. The summed E-state index contributed by atoms with van der Waals surface area (Å²) in [4.78, 5) is 2.72. The minimum Gasteiger partial charge on any atom is -0.383 e. The lowest BCUT2D eigenvalue weighted by molar-refractivity contribution is -0.0107. The fraction of sp³-hybridized carbons (Fsp3) is 1.00. The Bertz CT molecular complexity index is 283. The number of nitrogens with zero attached hydrogens (tertiary/aromatic N) is 1. The fourth-order valence-electron chi connectivity index (χ4n) is 4.13. The van der Waals surface area contributed by atoms with Crippen molar-refractivity contribution in [3.8, 4) is 0 Å². The van der Waals surface area contributed by atoms with Gasteiger partial charge in [-0.25, -0.2) is 0 Å². The number of methoxy groups -OCH3 is 1. The van der Waals surface area contributed by atoms with Gasteiger partial charge in [0, 0.05) is 31.8 Å². The Morgan fingerprint density at radius 3 is 2.35 bits per heavy atom. The highest BCUT2D eigenvalue weighted by atomic mass is 16.5. The second kappa shape index (κ2) is 7.24. The van der Waals surface area contributed by atoms with Crippen LogP contribution in [0.25, 0.3) is 0 Å². The largest absolute Gasteiger partial charge is 0.383 e. The van der Waals surface area contributed by atoms with E-state index in [-0.39, 0.29) is 5.54 Å². The summed E-state index contributed by atoms with van der Waals surface area (Å²) in [6, 6.07) is 0.673. The average molecular weight is 282 g/mol. The normalized spacial score (nSPS) is 32.5. The van der Waals surface area contributed by atoms with E-state index in [2.05, 4.69) is 18.7 Å². The maximum absolute atomic E-state index is 6.27. The van der Waals surface area contributed by atoms with Gasteiger partial charge < -0.3 is 10.5 Å². The zero-order valence-electron chi connectivity index (χ0n) is 13.7. The summed E-state index contributed by atoms with van der Waals surface area (Å²) in [5.41, 5.74) is 6.52. The van der Waals surface area contributed by atoms with Crippen molar-refractivity contribution in [3.63, 3.8) is 0 Å². The predicted molar refractivity (Wildman–Crippen MR) is 84.8 cm³/mol. The summed E-state index contributed by atoms with van der Waals surface area (Å²) < 4.78 is 5.36. The molecule has 0 amide bonds. The molecule has 2 aliphatic rings. The summed E-state index contributed by atoms with van der Waals surface area (Å²) in [6.45, 7) is 7.43. The third kappa shape index (κ3) is 3.55. The average Bonchev–Trinajstić information content (AvgIpc) is 3.32. The molecule has 0 radical (unpaired) electrons. The minimum absolute atomic E-state index is 0.242. The van der Waals surface area contributed by atoms with Crippen molar-refractivity contribution in [2.24, 2.45) is 17.6 Å². The molecule has 20 heavy (non-hydrogen) atoms. The molecule has 1 unspecified atom stereocenters. The molecule has 0 heterocycles. The Morgan fingerprint density at radius 1 is 1.25 bits per heavy atom. The molecule has 0 aromatic rings. The van der Waals surface area contributed by atoms with Gasteiger partial charge in [0.15, 0.2) is 0 Å². The summed E-state index contributed by atoms with van der Waals surface area (Å²) >= 11 is 0. The van der Waals surface area contributed by atoms with Crippen LogP contribution in [-0.2, 0) is 4.74 Å². The van der Waals surface area contributed by atoms with Gasteiger partial charge in [0.1, 0.15) is 0 Å². The number of rotatable bonds is 8. The van der Waals surface area contributed by atoms with Crippen LogP contribution in [0.2, 0.25) is 0 Å². The van der Waals surface area contributed by atoms with Crippen LogP contribution in [0.1, 0.15) is 58.8 Å². The van der Waals surface area contributed by atoms with Crippen LogP contribution in [0.15, 0.2) is 0 Å². The van der Waals surface area contributed by atoms with E-state index in [1.807, 2.05) is 7.11 Å². The molecular weight excluding hydrogens is 248 g/mol. The van der Waals surface area contributed by atoms with Crippen LogP contribution >= 0.6 is 0 Å². The van der Waals surface area contributed by atoms with Crippen LogP contribution in [0.4, 0.5) is 0 Å². The summed E-state index contributed by atoms with van der Waals surface area (Å²) in [5.74, 6) is 1.83. The van der Waals surface area contributed by atoms with Crippen LogP contribution < -0.4 is 5.73 Å². The Hall–Kier alpha value is -0.120. The standard InChI is InChI=1S/C17H34N2O/c1-4-15-7-9-17(13-18,10-8-15)19(11-12-20-3)14(2)16-5-6-16/h14-16H,4-13,18H2,1-3H3. The van der Waals surface area contributed by atoms with Gasteiger partial charge in [-0.3, -0.25) is 4.90 Å². The Morgan fingerprint density at radius 2 is 1.90 bits per heavy atom. The highest BCUT2D eigenvalue weighted by Gasteiger charge is 2.44. The molecule has 3 nitrogen and oxygen atoms in total. The van der Waals surface area contributed by atoms with Crippen molar-refractivity contribution in [1.29, 1.82) is 0 Å². The number of hydrogen-bond acceptors (Lipinski definition) is 3. The molecule has 2 saturated carbocycles. The van der Waals surface area contributed by atoms with E-state index < -0.39 is 0 Å². The Kier molecular flexibility index (Phi) is 5.88. The second-order valence-corrected chi connectivity index (χ2v) is 7.04. The number of nitrogens with two attached hydrogens (primary N) is 1. The van der Waals surface area contributed by atoms with E-state index in [9.17, 15) is 0 Å². The lowest BCUT2D eigenvalue weighted by Crippen LogP contribution is -2.60. The zero-order valence-corrected chi connectivity index (χ0v) is 13.7. The Labute approximate surface area is 125 Å². The molecule has 0 aromatic carbocycles. The second-order valence-electron chi connectivity index (χ2n) is 7.04. The van der Waals surface area contributed by atoms with Crippen molar-refractivity contribution in [3.05, 3.63) is 0 Å². The van der Waals surface area contributed by atoms with E-state index in [0.29, 0.717) is 6.04 Å². The molecule has 1 atom stereocenters. The maximum atomic E-state index is 6.27. The van der Waals surface area contributed by atoms with Gasteiger partial charge in [-0.05, 0) is 57.3 Å². The van der Waals surface area contributed by atoms with E-state index >= 15 is 0 Å². The lowest BCUT2D eigenvalue weighted by Gasteiger charge is -2.50. The van der Waals surface area contributed by atoms with Crippen molar-refractivity contribution in [1.82, 2.24) is 4.90 Å². The predicted octanol–water partition coefficient (Wildman–Crippen LogP) is 3.03. The molecule has 0 bridgehead atoms. The zero-order chi connectivity index (χ0) is 14.6. The summed E-state index contributed by atoms with van der Waals surface area (Å²) in [5, 5.41) is 0. The van der Waals surface area contributed by atoms with E-state index in [1.165, 1.54) is 44.9 Å². The van der Waals surface area contributed by atoms with Gasteiger partial charge in [-0.1, -0.05) is 13.3 Å². The number of hydrogen-bond donors (Lipinski definition) is 1. The third-order valence-corrected chi connectivity index (χ3v) is 5.93. The quantitative estimate of drug-likeness (QED) is 0.743. The lowest BCUT2D eigenvalue weighted by atomic mass is 9.74. The topological polar surface area (TPSA) is 38.5 Å². The van der Waals surface area contributed by atoms with Crippen LogP contribution in [0, 0.1) is 11.8 Å². The van der Waals surface area contributed by atoms with Gasteiger partial charge in [0.25, 0.3) is 0 Å². The van der Waals surface area contributed by atoms with Gasteiger partial charge >= 0.3 is 0 Å². The SMILES string of the molecule is CCC1CCC(CN)(N(CCOC)C(C)C2CC2)CC1. The first-order valence-corrected chi connectivity index (χ1v) is 8.62. The van der Waals surface area contributed by atoms with Crippen LogP contribution in [-0.4, -0.2) is 43.3 Å². The molecule has 2 rings (SSSR count).